The highest BCUT2D eigenvalue weighted by Gasteiger charge is 2.51. The summed E-state index contributed by atoms with van der Waals surface area (Å²) >= 11 is 0. The lowest BCUT2D eigenvalue weighted by atomic mass is 9.94. The number of aromatic nitrogens is 5. The maximum absolute atomic E-state index is 13.4. The number of amides is 2. The number of morpholine rings is 1. The van der Waals surface area contributed by atoms with Gasteiger partial charge < -0.3 is 20.9 Å². The molecule has 12 nitrogen and oxygen atoms in total. The molecular formula is C23H22N8O4. The van der Waals surface area contributed by atoms with Crippen LogP contribution in [-0.4, -0.2) is 66.5 Å². The number of nitrogens with two attached hydrogens (primary N) is 1. The summed E-state index contributed by atoms with van der Waals surface area (Å²) in [5, 5.41) is 18.6. The lowest BCUT2D eigenvalue weighted by Crippen LogP contribution is -2.63. The molecule has 0 radical (unpaired) electrons. The van der Waals surface area contributed by atoms with Crippen LogP contribution in [0, 0.1) is 0 Å². The molecule has 2 amide bonds. The number of aliphatic hydroxyl groups is 1. The molecule has 2 atom stereocenters. The number of benzene rings is 1. The van der Waals surface area contributed by atoms with Crippen LogP contribution in [0.15, 0.2) is 61.3 Å². The van der Waals surface area contributed by atoms with E-state index in [1.807, 2.05) is 0 Å². The van der Waals surface area contributed by atoms with Crippen molar-refractivity contribution in [3.63, 3.8) is 0 Å². The molecule has 5 rings (SSSR count). The summed E-state index contributed by atoms with van der Waals surface area (Å²) in [4.78, 5) is 39.7. The van der Waals surface area contributed by atoms with Gasteiger partial charge >= 0.3 is 0 Å². The van der Waals surface area contributed by atoms with E-state index in [4.69, 9.17) is 10.5 Å². The van der Waals surface area contributed by atoms with Crippen molar-refractivity contribution in [2.75, 3.05) is 29.1 Å². The average molecular weight is 474 g/mol. The van der Waals surface area contributed by atoms with Gasteiger partial charge in [0.2, 0.25) is 0 Å². The SMILES string of the molecule is C[C@@]1([C@@H](O)C(=O)Nc2ccc3c(N)ncnc3c2)OCCN(c2ccn(-c3ccncc3)n2)C1=O. The van der Waals surface area contributed by atoms with Crippen LogP contribution in [0.25, 0.3) is 16.6 Å². The third kappa shape index (κ3) is 4.05. The van der Waals surface area contributed by atoms with E-state index >= 15 is 0 Å². The number of carbonyl (C=O) groups excluding carboxylic acids is 2. The van der Waals surface area contributed by atoms with Crippen molar-refractivity contribution in [1.29, 1.82) is 0 Å². The fourth-order valence-electron chi connectivity index (χ4n) is 3.91. The molecule has 0 saturated carbocycles. The lowest BCUT2D eigenvalue weighted by Gasteiger charge is -2.40. The van der Waals surface area contributed by atoms with Crippen molar-refractivity contribution < 1.29 is 19.4 Å². The molecule has 4 N–H and O–H groups in total. The Kier molecular flexibility index (Phi) is 5.59. The second-order valence-corrected chi connectivity index (χ2v) is 8.12. The zero-order chi connectivity index (χ0) is 24.6. The summed E-state index contributed by atoms with van der Waals surface area (Å²) in [5.74, 6) is -0.689. The second-order valence-electron chi connectivity index (χ2n) is 8.12. The summed E-state index contributed by atoms with van der Waals surface area (Å²) in [6.07, 6.45) is 4.52. The minimum Gasteiger partial charge on any atom is -0.383 e. The third-order valence-electron chi connectivity index (χ3n) is 5.87. The van der Waals surface area contributed by atoms with Gasteiger partial charge in [-0.2, -0.15) is 0 Å². The second kappa shape index (κ2) is 8.74. The van der Waals surface area contributed by atoms with Gasteiger partial charge in [-0.05, 0) is 37.3 Å². The topological polar surface area (TPSA) is 161 Å². The summed E-state index contributed by atoms with van der Waals surface area (Å²) in [6.45, 7) is 1.72. The number of anilines is 3. The van der Waals surface area contributed by atoms with Gasteiger partial charge in [-0.1, -0.05) is 0 Å². The van der Waals surface area contributed by atoms with Gasteiger partial charge in [-0.15, -0.1) is 5.10 Å². The standard InChI is InChI=1S/C23H22N8O4/c1-23(19(32)21(33)28-14-2-3-16-17(12-14)26-13-27-20(16)24)22(34)30(10-11-35-23)18-6-9-31(29-18)15-4-7-25-8-5-15/h2-9,12-13,19,32H,10-11H2,1H3,(H,28,33)(H2,24,26,27)/t19-,23-/m0/s1. The summed E-state index contributed by atoms with van der Waals surface area (Å²) in [7, 11) is 0. The van der Waals surface area contributed by atoms with Crippen LogP contribution in [0.2, 0.25) is 0 Å². The number of hydrogen-bond donors (Lipinski definition) is 3. The molecule has 1 saturated heterocycles. The Bertz CT molecular complexity index is 1410. The van der Waals surface area contributed by atoms with E-state index in [0.29, 0.717) is 28.2 Å². The van der Waals surface area contributed by atoms with Crippen LogP contribution in [0.5, 0.6) is 0 Å². The Hall–Kier alpha value is -4.42. The van der Waals surface area contributed by atoms with E-state index in [-0.39, 0.29) is 13.2 Å². The molecule has 3 aromatic heterocycles. The first-order valence-electron chi connectivity index (χ1n) is 10.8. The van der Waals surface area contributed by atoms with Crippen LogP contribution < -0.4 is 16.0 Å². The highest BCUT2D eigenvalue weighted by Crippen LogP contribution is 2.28. The molecule has 35 heavy (non-hydrogen) atoms. The Labute approximate surface area is 199 Å². The molecule has 1 aromatic carbocycles. The number of nitrogens with zero attached hydrogens (tertiary/aromatic N) is 6. The van der Waals surface area contributed by atoms with Crippen molar-refractivity contribution >= 4 is 40.0 Å². The number of ether oxygens (including phenoxy) is 1. The Balaban J connectivity index is 1.34. The van der Waals surface area contributed by atoms with Crippen molar-refractivity contribution in [3.05, 3.63) is 61.3 Å². The number of fused-ring (bicyclic) bond motifs is 1. The van der Waals surface area contributed by atoms with Gasteiger partial charge in [0.25, 0.3) is 11.8 Å². The number of aliphatic hydroxyl groups excluding tert-OH is 1. The largest absolute Gasteiger partial charge is 0.383 e. The normalized spacial score (nSPS) is 19.0. The molecular weight excluding hydrogens is 452 g/mol. The lowest BCUT2D eigenvalue weighted by molar-refractivity contribution is -0.170. The molecule has 4 aromatic rings. The van der Waals surface area contributed by atoms with Crippen molar-refractivity contribution in [2.45, 2.75) is 18.6 Å². The van der Waals surface area contributed by atoms with Gasteiger partial charge in [-0.3, -0.25) is 19.5 Å². The molecule has 0 bridgehead atoms. The molecule has 1 fully saturated rings. The van der Waals surface area contributed by atoms with Gasteiger partial charge in [0.05, 0.1) is 24.4 Å². The Morgan fingerprint density at radius 2 is 2.03 bits per heavy atom. The molecule has 12 heteroatoms. The Morgan fingerprint density at radius 1 is 1.23 bits per heavy atom. The average Bonchev–Trinajstić information content (AvgIpc) is 3.36. The number of nitrogen functional groups attached to an aromatic ring is 1. The van der Waals surface area contributed by atoms with E-state index in [0.717, 1.165) is 5.69 Å². The minimum absolute atomic E-state index is 0.112. The van der Waals surface area contributed by atoms with Crippen LogP contribution in [0.4, 0.5) is 17.3 Å². The van der Waals surface area contributed by atoms with Crippen molar-refractivity contribution in [3.8, 4) is 5.69 Å². The van der Waals surface area contributed by atoms with Gasteiger partial charge in [0, 0.05) is 35.7 Å². The zero-order valence-electron chi connectivity index (χ0n) is 18.7. The predicted octanol–water partition coefficient (Wildman–Crippen LogP) is 0.914. The summed E-state index contributed by atoms with van der Waals surface area (Å²) < 4.78 is 7.25. The Morgan fingerprint density at radius 3 is 2.83 bits per heavy atom. The number of rotatable bonds is 5. The van der Waals surface area contributed by atoms with E-state index in [2.05, 4.69) is 25.4 Å². The molecule has 1 aliphatic rings. The summed E-state index contributed by atoms with van der Waals surface area (Å²) in [5.41, 5.74) is 5.70. The van der Waals surface area contributed by atoms with Crippen LogP contribution >= 0.6 is 0 Å². The van der Waals surface area contributed by atoms with Crippen LogP contribution in [-0.2, 0) is 14.3 Å². The third-order valence-corrected chi connectivity index (χ3v) is 5.87. The fraction of sp³-hybridized carbons (Fsp3) is 0.217. The van der Waals surface area contributed by atoms with E-state index < -0.39 is 23.5 Å². The first-order chi connectivity index (χ1) is 16.9. The highest BCUT2D eigenvalue weighted by atomic mass is 16.5. The van der Waals surface area contributed by atoms with Crippen LogP contribution in [0.1, 0.15) is 6.92 Å². The number of nitrogens with one attached hydrogen (secondary N) is 1. The van der Waals surface area contributed by atoms with Gasteiger partial charge in [0.15, 0.2) is 17.5 Å². The zero-order valence-corrected chi connectivity index (χ0v) is 18.7. The first-order valence-corrected chi connectivity index (χ1v) is 10.8. The van der Waals surface area contributed by atoms with Gasteiger partial charge in [-0.25, -0.2) is 14.6 Å². The van der Waals surface area contributed by atoms with E-state index in [1.54, 1.807) is 59.7 Å². The quantitative estimate of drug-likeness (QED) is 0.382. The maximum atomic E-state index is 13.4. The molecule has 1 aliphatic heterocycles. The van der Waals surface area contributed by atoms with Crippen LogP contribution in [0.3, 0.4) is 0 Å². The number of carbonyl (C=O) groups is 2. The predicted molar refractivity (Wildman–Crippen MR) is 127 cm³/mol. The molecule has 0 unspecified atom stereocenters. The first kappa shape index (κ1) is 22.4. The molecule has 0 aliphatic carbocycles. The van der Waals surface area contributed by atoms with E-state index in [9.17, 15) is 14.7 Å². The minimum atomic E-state index is -1.81. The molecule has 178 valence electrons. The number of pyridine rings is 1. The molecule has 0 spiro atoms. The highest BCUT2D eigenvalue weighted by molar-refractivity contribution is 6.06. The monoisotopic (exact) mass is 474 g/mol. The maximum Gasteiger partial charge on any atom is 0.263 e. The van der Waals surface area contributed by atoms with Gasteiger partial charge in [0.1, 0.15) is 12.1 Å². The van der Waals surface area contributed by atoms with Crippen molar-refractivity contribution in [1.82, 2.24) is 24.7 Å². The number of hydrogen-bond acceptors (Lipinski definition) is 9. The van der Waals surface area contributed by atoms with Crippen molar-refractivity contribution in [2.24, 2.45) is 0 Å². The van der Waals surface area contributed by atoms with E-state index in [1.165, 1.54) is 18.2 Å². The smallest absolute Gasteiger partial charge is 0.263 e. The summed E-state index contributed by atoms with van der Waals surface area (Å²) in [6, 6.07) is 10.1. The fourth-order valence-corrected chi connectivity index (χ4v) is 3.91. The molecule has 4 heterocycles.